The van der Waals surface area contributed by atoms with Gasteiger partial charge in [-0.3, -0.25) is 4.79 Å². The van der Waals surface area contributed by atoms with Crippen molar-refractivity contribution in [1.82, 2.24) is 0 Å². The summed E-state index contributed by atoms with van der Waals surface area (Å²) < 4.78 is 27.8. The first-order chi connectivity index (χ1) is 19.2. The van der Waals surface area contributed by atoms with E-state index in [0.29, 0.717) is 10.8 Å². The Kier molecular flexibility index (Phi) is 10.3. The molecule has 0 aliphatic rings. The van der Waals surface area contributed by atoms with Gasteiger partial charge in [0, 0.05) is 38.4 Å². The van der Waals surface area contributed by atoms with Crippen LogP contribution >= 0.6 is 11.3 Å². The Morgan fingerprint density at radius 1 is 0.725 bits per heavy atom. The summed E-state index contributed by atoms with van der Waals surface area (Å²) in [6.45, 7) is 7.56. The third-order valence-corrected chi connectivity index (χ3v) is 6.66. The fourth-order valence-corrected chi connectivity index (χ4v) is 4.44. The molecule has 1 heterocycles. The minimum atomic E-state index is -1.46. The standard InChI is InChI=1S/C29H26O10S/c1-4-24(30)36-15-29(16-37-25(31)5-2,17-38-26(32)6-3)18-39-27(33)14-35-19-11-12-23-21(13-19)28(34)20-9-7-8-10-22(20)40-23/h4-13H,1-3,14-18H2. The van der Waals surface area contributed by atoms with Crippen molar-refractivity contribution in [3.05, 3.63) is 90.7 Å². The maximum atomic E-state index is 12.9. The van der Waals surface area contributed by atoms with Gasteiger partial charge in [0.25, 0.3) is 0 Å². The monoisotopic (exact) mass is 566 g/mol. The Balaban J connectivity index is 1.73. The Hall–Kier alpha value is -4.77. The van der Waals surface area contributed by atoms with Gasteiger partial charge >= 0.3 is 23.9 Å². The van der Waals surface area contributed by atoms with Crippen LogP contribution in [0, 0.1) is 5.41 Å². The summed E-state index contributed by atoms with van der Waals surface area (Å²) in [7, 11) is 0. The molecular formula is C29H26O10S. The van der Waals surface area contributed by atoms with Crippen LogP contribution in [0.15, 0.2) is 85.2 Å². The average molecular weight is 567 g/mol. The van der Waals surface area contributed by atoms with Gasteiger partial charge in [0.05, 0.1) is 0 Å². The Morgan fingerprint density at radius 2 is 1.25 bits per heavy atom. The number of hydrogen-bond acceptors (Lipinski definition) is 11. The molecule has 208 valence electrons. The Bertz CT molecular complexity index is 1460. The van der Waals surface area contributed by atoms with E-state index in [1.54, 1.807) is 30.3 Å². The van der Waals surface area contributed by atoms with Gasteiger partial charge in [-0.1, -0.05) is 31.9 Å². The second-order valence-corrected chi connectivity index (χ2v) is 9.55. The van der Waals surface area contributed by atoms with Crippen molar-refractivity contribution in [1.29, 1.82) is 0 Å². The highest BCUT2D eigenvalue weighted by molar-refractivity contribution is 7.24. The van der Waals surface area contributed by atoms with E-state index >= 15 is 0 Å². The fourth-order valence-electron chi connectivity index (χ4n) is 3.39. The van der Waals surface area contributed by atoms with E-state index in [1.165, 1.54) is 11.3 Å². The molecule has 0 unspecified atom stereocenters. The largest absolute Gasteiger partial charge is 0.482 e. The lowest BCUT2D eigenvalue weighted by Gasteiger charge is -2.31. The van der Waals surface area contributed by atoms with Crippen LogP contribution in [0.4, 0.5) is 0 Å². The molecule has 3 aromatic rings. The predicted octanol–water partition coefficient (Wildman–Crippen LogP) is 3.51. The van der Waals surface area contributed by atoms with Crippen LogP contribution in [0.2, 0.25) is 0 Å². The normalized spacial score (nSPS) is 10.8. The number of hydrogen-bond donors (Lipinski definition) is 0. The summed E-state index contributed by atoms with van der Waals surface area (Å²) in [5.41, 5.74) is -1.62. The van der Waals surface area contributed by atoms with Crippen molar-refractivity contribution < 1.29 is 42.9 Å². The molecule has 0 aliphatic heterocycles. The van der Waals surface area contributed by atoms with Crippen molar-refractivity contribution in [2.75, 3.05) is 33.0 Å². The molecule has 1 aromatic heterocycles. The van der Waals surface area contributed by atoms with Crippen LogP contribution in [0.3, 0.4) is 0 Å². The smallest absolute Gasteiger partial charge is 0.344 e. The number of esters is 4. The highest BCUT2D eigenvalue weighted by Gasteiger charge is 2.37. The third kappa shape index (κ3) is 7.87. The highest BCUT2D eigenvalue weighted by Crippen LogP contribution is 2.27. The number of carbonyl (C=O) groups excluding carboxylic acids is 4. The van der Waals surface area contributed by atoms with Crippen molar-refractivity contribution in [2.24, 2.45) is 5.41 Å². The number of fused-ring (bicyclic) bond motifs is 2. The van der Waals surface area contributed by atoms with E-state index < -0.39 is 62.3 Å². The zero-order valence-electron chi connectivity index (χ0n) is 21.4. The van der Waals surface area contributed by atoms with Crippen LogP contribution in [-0.4, -0.2) is 56.9 Å². The minimum Gasteiger partial charge on any atom is -0.482 e. The number of benzene rings is 2. The summed E-state index contributed by atoms with van der Waals surface area (Å²) in [5.74, 6) is -2.95. The molecular weight excluding hydrogens is 540 g/mol. The molecule has 0 saturated carbocycles. The summed E-state index contributed by atoms with van der Waals surface area (Å²) >= 11 is 1.46. The lowest BCUT2D eigenvalue weighted by atomic mass is 9.92. The lowest BCUT2D eigenvalue weighted by Crippen LogP contribution is -2.44. The molecule has 3 rings (SSSR count). The molecule has 0 amide bonds. The van der Waals surface area contributed by atoms with Crippen molar-refractivity contribution in [2.45, 2.75) is 0 Å². The van der Waals surface area contributed by atoms with E-state index in [0.717, 1.165) is 27.6 Å². The third-order valence-electron chi connectivity index (χ3n) is 5.51. The summed E-state index contributed by atoms with van der Waals surface area (Å²) in [5, 5.41) is 1.03. The van der Waals surface area contributed by atoms with Gasteiger partial charge in [-0.15, -0.1) is 11.3 Å². The quantitative estimate of drug-likeness (QED) is 0.124. The van der Waals surface area contributed by atoms with Gasteiger partial charge in [0.2, 0.25) is 0 Å². The van der Waals surface area contributed by atoms with Crippen LogP contribution in [-0.2, 0) is 38.1 Å². The molecule has 0 fully saturated rings. The molecule has 2 aromatic carbocycles. The number of ether oxygens (including phenoxy) is 5. The Morgan fingerprint density at radius 3 is 1.82 bits per heavy atom. The summed E-state index contributed by atoms with van der Waals surface area (Å²) in [6, 6.07) is 12.2. The zero-order valence-corrected chi connectivity index (χ0v) is 22.2. The van der Waals surface area contributed by atoms with Gasteiger partial charge in [-0.2, -0.15) is 0 Å². The molecule has 0 saturated heterocycles. The summed E-state index contributed by atoms with van der Waals surface area (Å²) in [6.07, 6.45) is 2.74. The van der Waals surface area contributed by atoms with E-state index in [2.05, 4.69) is 19.7 Å². The SMILES string of the molecule is C=CC(=O)OCC(COC(=O)C=C)(COC(=O)C=C)COC(=O)COc1ccc2sc3ccccc3c(=O)c2c1. The molecule has 0 atom stereocenters. The number of carbonyl (C=O) groups is 4. The first kappa shape index (κ1) is 29.8. The highest BCUT2D eigenvalue weighted by atomic mass is 32.1. The van der Waals surface area contributed by atoms with Gasteiger partial charge in [-0.25, -0.2) is 19.2 Å². The number of rotatable bonds is 14. The van der Waals surface area contributed by atoms with Gasteiger partial charge in [-0.05, 0) is 30.3 Å². The van der Waals surface area contributed by atoms with Crippen molar-refractivity contribution in [3.63, 3.8) is 0 Å². The van der Waals surface area contributed by atoms with Crippen molar-refractivity contribution in [3.8, 4) is 5.75 Å². The Labute approximate surface area is 233 Å². The molecule has 10 nitrogen and oxygen atoms in total. The van der Waals surface area contributed by atoms with E-state index in [1.807, 2.05) is 12.1 Å². The van der Waals surface area contributed by atoms with Gasteiger partial charge < -0.3 is 23.7 Å². The van der Waals surface area contributed by atoms with E-state index in [9.17, 15) is 24.0 Å². The average Bonchev–Trinajstić information content (AvgIpc) is 2.98. The molecule has 11 heteroatoms. The van der Waals surface area contributed by atoms with E-state index in [4.69, 9.17) is 23.7 Å². The maximum Gasteiger partial charge on any atom is 0.344 e. The topological polar surface area (TPSA) is 132 Å². The second kappa shape index (κ2) is 13.9. The summed E-state index contributed by atoms with van der Waals surface area (Å²) in [4.78, 5) is 60.6. The molecule has 0 spiro atoms. The zero-order chi connectivity index (χ0) is 29.1. The fraction of sp³-hybridized carbons (Fsp3) is 0.207. The first-order valence-corrected chi connectivity index (χ1v) is 12.6. The predicted molar refractivity (Wildman–Crippen MR) is 148 cm³/mol. The second-order valence-electron chi connectivity index (χ2n) is 8.47. The maximum absolute atomic E-state index is 12.9. The van der Waals surface area contributed by atoms with Crippen LogP contribution in [0.5, 0.6) is 5.75 Å². The van der Waals surface area contributed by atoms with Crippen LogP contribution < -0.4 is 10.2 Å². The molecule has 0 N–H and O–H groups in total. The van der Waals surface area contributed by atoms with E-state index in [-0.39, 0.29) is 11.2 Å². The molecule has 0 radical (unpaired) electrons. The van der Waals surface area contributed by atoms with Gasteiger partial charge in [0.1, 0.15) is 37.6 Å². The van der Waals surface area contributed by atoms with Crippen molar-refractivity contribution >= 4 is 55.4 Å². The minimum absolute atomic E-state index is 0.153. The van der Waals surface area contributed by atoms with Crippen LogP contribution in [0.1, 0.15) is 0 Å². The first-order valence-electron chi connectivity index (χ1n) is 11.8. The van der Waals surface area contributed by atoms with Gasteiger partial charge in [0.15, 0.2) is 12.0 Å². The van der Waals surface area contributed by atoms with Crippen LogP contribution in [0.25, 0.3) is 20.2 Å². The molecule has 0 aliphatic carbocycles. The molecule has 0 bridgehead atoms. The molecule has 40 heavy (non-hydrogen) atoms. The lowest BCUT2D eigenvalue weighted by molar-refractivity contribution is -0.167.